The molecule has 0 amide bonds. The Morgan fingerprint density at radius 1 is 1.36 bits per heavy atom. The maximum absolute atomic E-state index is 15.8. The monoisotopic (exact) mass is 518 g/mol. The first-order valence-corrected chi connectivity index (χ1v) is 12.0. The summed E-state index contributed by atoms with van der Waals surface area (Å²) in [6.07, 6.45) is 3.44. The van der Waals surface area contributed by atoms with Crippen LogP contribution in [-0.2, 0) is 17.7 Å². The number of ether oxygens (including phenoxy) is 1. The van der Waals surface area contributed by atoms with Crippen molar-refractivity contribution in [3.8, 4) is 0 Å². The molecule has 1 atom stereocenters. The number of hydrogen-bond donors (Lipinski definition) is 2. The first-order valence-electron chi connectivity index (χ1n) is 11.2. The fraction of sp³-hybridized carbons (Fsp3) is 0.440. The summed E-state index contributed by atoms with van der Waals surface area (Å²) in [5.41, 5.74) is 3.20. The molecule has 1 aliphatic rings. The van der Waals surface area contributed by atoms with E-state index in [9.17, 15) is 9.90 Å². The predicted molar refractivity (Wildman–Crippen MR) is 127 cm³/mol. The van der Waals surface area contributed by atoms with Crippen molar-refractivity contribution in [2.75, 3.05) is 19.8 Å². The SMILES string of the molecule is Cc1cc(Br)ccc1Cc1c(C(=O)COCC2CC2)cc2c(ncn2CCC(O)CO)c1F. The molecule has 33 heavy (non-hydrogen) atoms. The molecule has 0 saturated heterocycles. The second-order valence-electron chi connectivity index (χ2n) is 8.78. The van der Waals surface area contributed by atoms with Crippen LogP contribution in [0.25, 0.3) is 11.0 Å². The first-order chi connectivity index (χ1) is 15.9. The molecule has 0 bridgehead atoms. The highest BCUT2D eigenvalue weighted by molar-refractivity contribution is 9.10. The number of fused-ring (bicyclic) bond motifs is 1. The molecule has 6 nitrogen and oxygen atoms in total. The molecule has 3 aromatic rings. The molecular weight excluding hydrogens is 491 g/mol. The number of halogens is 2. The van der Waals surface area contributed by atoms with E-state index in [1.807, 2.05) is 25.1 Å². The number of carbonyl (C=O) groups excluding carboxylic acids is 1. The van der Waals surface area contributed by atoms with Crippen LogP contribution < -0.4 is 0 Å². The van der Waals surface area contributed by atoms with E-state index in [1.54, 1.807) is 10.6 Å². The van der Waals surface area contributed by atoms with Crippen LogP contribution in [0.5, 0.6) is 0 Å². The molecule has 1 fully saturated rings. The fourth-order valence-corrected chi connectivity index (χ4v) is 4.38. The summed E-state index contributed by atoms with van der Waals surface area (Å²) in [6, 6.07) is 7.48. The second-order valence-corrected chi connectivity index (χ2v) is 9.69. The second kappa shape index (κ2) is 10.4. The van der Waals surface area contributed by atoms with E-state index in [4.69, 9.17) is 9.84 Å². The Morgan fingerprint density at radius 3 is 2.85 bits per heavy atom. The van der Waals surface area contributed by atoms with Crippen LogP contribution in [0.15, 0.2) is 35.1 Å². The van der Waals surface area contributed by atoms with Crippen molar-refractivity contribution in [2.24, 2.45) is 5.92 Å². The molecular formula is C25H28BrFN2O4. The van der Waals surface area contributed by atoms with Gasteiger partial charge < -0.3 is 19.5 Å². The molecule has 1 unspecified atom stereocenters. The van der Waals surface area contributed by atoms with Crippen LogP contribution in [0.4, 0.5) is 4.39 Å². The van der Waals surface area contributed by atoms with Crippen molar-refractivity contribution >= 4 is 32.7 Å². The maximum atomic E-state index is 15.8. The van der Waals surface area contributed by atoms with Crippen LogP contribution in [0.2, 0.25) is 0 Å². The number of aryl methyl sites for hydroxylation is 2. The molecule has 4 rings (SSSR count). The van der Waals surface area contributed by atoms with Crippen molar-refractivity contribution in [2.45, 2.75) is 45.3 Å². The summed E-state index contributed by atoms with van der Waals surface area (Å²) in [4.78, 5) is 17.4. The topological polar surface area (TPSA) is 84.6 Å². The van der Waals surface area contributed by atoms with Gasteiger partial charge in [0.2, 0.25) is 0 Å². The number of carbonyl (C=O) groups is 1. The van der Waals surface area contributed by atoms with Gasteiger partial charge in [0, 0.05) is 28.6 Å². The Bertz CT molecular complexity index is 1160. The third-order valence-corrected chi connectivity index (χ3v) is 6.62. The number of Topliss-reactive ketones (excluding diaryl/α,β-unsaturated/α-hetero) is 1. The van der Waals surface area contributed by atoms with Crippen molar-refractivity contribution in [1.29, 1.82) is 0 Å². The number of aliphatic hydroxyl groups is 2. The summed E-state index contributed by atoms with van der Waals surface area (Å²) in [5.74, 6) is -0.243. The van der Waals surface area contributed by atoms with Gasteiger partial charge in [-0.05, 0) is 61.4 Å². The molecule has 8 heteroatoms. The van der Waals surface area contributed by atoms with Crippen LogP contribution in [0.1, 0.15) is 46.3 Å². The Balaban J connectivity index is 1.71. The number of rotatable bonds is 11. The number of imidazole rings is 1. The minimum atomic E-state index is -0.871. The predicted octanol–water partition coefficient (Wildman–Crippen LogP) is 4.19. The fourth-order valence-electron chi connectivity index (χ4n) is 3.91. The van der Waals surface area contributed by atoms with Gasteiger partial charge in [0.25, 0.3) is 0 Å². The highest BCUT2D eigenvalue weighted by Gasteiger charge is 2.25. The van der Waals surface area contributed by atoms with Crippen LogP contribution in [0, 0.1) is 18.7 Å². The van der Waals surface area contributed by atoms with Crippen molar-refractivity contribution in [1.82, 2.24) is 9.55 Å². The largest absolute Gasteiger partial charge is 0.394 e. The molecule has 0 aliphatic heterocycles. The van der Waals surface area contributed by atoms with Crippen LogP contribution in [-0.4, -0.2) is 51.5 Å². The average Bonchev–Trinajstić information content (AvgIpc) is 3.52. The number of aliphatic hydroxyl groups excluding tert-OH is 2. The highest BCUT2D eigenvalue weighted by atomic mass is 79.9. The number of nitrogens with zero attached hydrogens (tertiary/aromatic N) is 2. The van der Waals surface area contributed by atoms with Gasteiger partial charge in [-0.1, -0.05) is 22.0 Å². The van der Waals surface area contributed by atoms with Gasteiger partial charge in [0.1, 0.15) is 12.1 Å². The van der Waals surface area contributed by atoms with Crippen molar-refractivity contribution in [3.63, 3.8) is 0 Å². The van der Waals surface area contributed by atoms with Gasteiger partial charge >= 0.3 is 0 Å². The van der Waals surface area contributed by atoms with E-state index in [0.717, 1.165) is 28.4 Å². The maximum Gasteiger partial charge on any atom is 0.188 e. The zero-order valence-electron chi connectivity index (χ0n) is 18.6. The van der Waals surface area contributed by atoms with Gasteiger partial charge in [0.15, 0.2) is 11.6 Å². The smallest absolute Gasteiger partial charge is 0.188 e. The molecule has 2 aromatic carbocycles. The number of hydrogen-bond acceptors (Lipinski definition) is 5. The molecule has 0 spiro atoms. The van der Waals surface area contributed by atoms with Gasteiger partial charge in [-0.25, -0.2) is 9.37 Å². The number of ketones is 1. The average molecular weight is 519 g/mol. The third kappa shape index (κ3) is 5.69. The Kier molecular flexibility index (Phi) is 7.58. The number of aromatic nitrogens is 2. The Morgan fingerprint density at radius 2 is 2.15 bits per heavy atom. The normalized spacial score (nSPS) is 14.7. The lowest BCUT2D eigenvalue weighted by molar-refractivity contribution is 0.0738. The summed E-state index contributed by atoms with van der Waals surface area (Å²) >= 11 is 3.45. The van der Waals surface area contributed by atoms with E-state index in [0.29, 0.717) is 35.7 Å². The van der Waals surface area contributed by atoms with Gasteiger partial charge in [-0.15, -0.1) is 0 Å². The third-order valence-electron chi connectivity index (χ3n) is 6.13. The summed E-state index contributed by atoms with van der Waals surface area (Å²) in [6.45, 7) is 2.41. The Labute approximate surface area is 200 Å². The van der Waals surface area contributed by atoms with Crippen molar-refractivity contribution < 1.29 is 24.1 Å². The summed E-state index contributed by atoms with van der Waals surface area (Å²) in [5, 5.41) is 18.8. The minimum absolute atomic E-state index is 0.0921. The van der Waals surface area contributed by atoms with Gasteiger partial charge in [0.05, 0.1) is 31.2 Å². The standard InChI is InChI=1S/C25H28BrFN2O4/c1-15-8-18(26)5-4-17(15)9-21-20(23(32)13-33-12-16-2-3-16)10-22-25(24(21)27)28-14-29(22)7-6-19(31)11-30/h4-5,8,10,14,16,19,30-31H,2-3,6-7,9,11-13H2,1H3. The summed E-state index contributed by atoms with van der Waals surface area (Å²) < 4.78 is 24.0. The number of benzene rings is 2. The molecule has 1 heterocycles. The van der Waals surface area contributed by atoms with E-state index >= 15 is 4.39 Å². The van der Waals surface area contributed by atoms with Crippen LogP contribution in [0.3, 0.4) is 0 Å². The van der Waals surface area contributed by atoms with E-state index in [2.05, 4.69) is 20.9 Å². The molecule has 176 valence electrons. The molecule has 2 N–H and O–H groups in total. The van der Waals surface area contributed by atoms with E-state index < -0.39 is 11.9 Å². The van der Waals surface area contributed by atoms with E-state index in [-0.39, 0.29) is 37.4 Å². The zero-order valence-corrected chi connectivity index (χ0v) is 20.1. The quantitative estimate of drug-likeness (QED) is 0.372. The molecule has 1 saturated carbocycles. The van der Waals surface area contributed by atoms with Gasteiger partial charge in [-0.2, -0.15) is 0 Å². The van der Waals surface area contributed by atoms with Crippen molar-refractivity contribution in [3.05, 3.63) is 63.1 Å². The van der Waals surface area contributed by atoms with Gasteiger partial charge in [-0.3, -0.25) is 4.79 Å². The molecule has 1 aliphatic carbocycles. The lowest BCUT2D eigenvalue weighted by Gasteiger charge is -2.14. The minimum Gasteiger partial charge on any atom is -0.394 e. The van der Waals surface area contributed by atoms with Crippen LogP contribution >= 0.6 is 15.9 Å². The lowest BCUT2D eigenvalue weighted by atomic mass is 9.94. The summed E-state index contributed by atoms with van der Waals surface area (Å²) in [7, 11) is 0. The molecule has 1 aromatic heterocycles. The Hall–Kier alpha value is -2.13. The van der Waals surface area contributed by atoms with E-state index in [1.165, 1.54) is 6.33 Å². The lowest BCUT2D eigenvalue weighted by Crippen LogP contribution is -2.16. The first kappa shape index (κ1) is 24.0. The highest BCUT2D eigenvalue weighted by Crippen LogP contribution is 2.30. The molecule has 0 radical (unpaired) electrons. The zero-order chi connectivity index (χ0) is 23.5.